The number of esters is 1. The monoisotopic (exact) mass is 269 g/mol. The zero-order valence-corrected chi connectivity index (χ0v) is 12.5. The topological polar surface area (TPSA) is 38.3 Å². The van der Waals surface area contributed by atoms with Gasteiger partial charge in [0.05, 0.1) is 6.61 Å². The summed E-state index contributed by atoms with van der Waals surface area (Å²) in [5, 5.41) is 3.37. The standard InChI is InChI=1S/C14H23NO2S/c1-5-7-12(14(16)17-6-2)15-11(4)13-9-8-10(3)18-13/h8-9,11-12,15H,5-7H2,1-4H3. The van der Waals surface area contributed by atoms with Gasteiger partial charge in [0.15, 0.2) is 0 Å². The van der Waals surface area contributed by atoms with Crippen molar-refractivity contribution >= 4 is 17.3 Å². The van der Waals surface area contributed by atoms with Crippen LogP contribution in [0.5, 0.6) is 0 Å². The molecular formula is C14H23NO2S. The second-order valence-corrected chi connectivity index (χ2v) is 5.75. The summed E-state index contributed by atoms with van der Waals surface area (Å²) in [5.41, 5.74) is 0. The maximum absolute atomic E-state index is 11.8. The normalized spacial score (nSPS) is 14.2. The molecule has 2 atom stereocenters. The predicted octanol–water partition coefficient (Wildman–Crippen LogP) is 3.44. The van der Waals surface area contributed by atoms with Crippen LogP contribution in [0.25, 0.3) is 0 Å². The van der Waals surface area contributed by atoms with Crippen LogP contribution in [-0.4, -0.2) is 18.6 Å². The summed E-state index contributed by atoms with van der Waals surface area (Å²) in [7, 11) is 0. The number of aryl methyl sites for hydroxylation is 1. The Labute approximate surface area is 114 Å². The van der Waals surface area contributed by atoms with Crippen LogP contribution in [0, 0.1) is 6.92 Å². The first kappa shape index (κ1) is 15.2. The Morgan fingerprint density at radius 3 is 2.67 bits per heavy atom. The molecule has 0 spiro atoms. The molecule has 0 aromatic carbocycles. The number of hydrogen-bond donors (Lipinski definition) is 1. The molecule has 1 aromatic heterocycles. The highest BCUT2D eigenvalue weighted by Gasteiger charge is 2.21. The Hall–Kier alpha value is -0.870. The van der Waals surface area contributed by atoms with Gasteiger partial charge in [-0.2, -0.15) is 0 Å². The van der Waals surface area contributed by atoms with Gasteiger partial charge in [0.2, 0.25) is 0 Å². The molecule has 1 heterocycles. The smallest absolute Gasteiger partial charge is 0.323 e. The molecule has 0 aliphatic rings. The first-order valence-electron chi connectivity index (χ1n) is 6.57. The van der Waals surface area contributed by atoms with E-state index in [1.54, 1.807) is 11.3 Å². The number of carbonyl (C=O) groups excluding carboxylic acids is 1. The third kappa shape index (κ3) is 4.42. The van der Waals surface area contributed by atoms with E-state index in [0.717, 1.165) is 12.8 Å². The molecule has 102 valence electrons. The summed E-state index contributed by atoms with van der Waals surface area (Å²) in [4.78, 5) is 14.4. The molecule has 0 fully saturated rings. The lowest BCUT2D eigenvalue weighted by atomic mass is 10.1. The van der Waals surface area contributed by atoms with Gasteiger partial charge in [0, 0.05) is 15.8 Å². The summed E-state index contributed by atoms with van der Waals surface area (Å²) in [6.07, 6.45) is 1.78. The maximum Gasteiger partial charge on any atom is 0.323 e. The average Bonchev–Trinajstić information content (AvgIpc) is 2.75. The lowest BCUT2D eigenvalue weighted by Crippen LogP contribution is -2.39. The molecular weight excluding hydrogens is 246 g/mol. The highest BCUT2D eigenvalue weighted by molar-refractivity contribution is 7.12. The Balaban J connectivity index is 2.62. The van der Waals surface area contributed by atoms with E-state index < -0.39 is 0 Å². The molecule has 0 saturated heterocycles. The van der Waals surface area contributed by atoms with Gasteiger partial charge in [-0.05, 0) is 39.3 Å². The Morgan fingerprint density at radius 1 is 1.44 bits per heavy atom. The lowest BCUT2D eigenvalue weighted by Gasteiger charge is -2.20. The van der Waals surface area contributed by atoms with E-state index in [4.69, 9.17) is 4.74 Å². The summed E-state index contributed by atoms with van der Waals surface area (Å²) in [6, 6.07) is 4.21. The summed E-state index contributed by atoms with van der Waals surface area (Å²) in [6.45, 7) is 8.54. The SMILES string of the molecule is CCCC(NC(C)c1ccc(C)s1)C(=O)OCC. The van der Waals surface area contributed by atoms with Crippen molar-refractivity contribution in [2.24, 2.45) is 0 Å². The summed E-state index contributed by atoms with van der Waals surface area (Å²) < 4.78 is 5.10. The molecule has 1 rings (SSSR count). The number of thiophene rings is 1. The molecule has 18 heavy (non-hydrogen) atoms. The molecule has 0 aliphatic carbocycles. The molecule has 2 unspecified atom stereocenters. The number of rotatable bonds is 7. The molecule has 0 saturated carbocycles. The summed E-state index contributed by atoms with van der Waals surface area (Å²) >= 11 is 1.77. The number of hydrogen-bond acceptors (Lipinski definition) is 4. The third-order valence-corrected chi connectivity index (χ3v) is 3.97. The van der Waals surface area contributed by atoms with Crippen molar-refractivity contribution in [3.8, 4) is 0 Å². The Bertz CT molecular complexity index is 376. The fourth-order valence-electron chi connectivity index (χ4n) is 1.87. The van der Waals surface area contributed by atoms with Gasteiger partial charge in [-0.25, -0.2) is 0 Å². The minimum Gasteiger partial charge on any atom is -0.465 e. The minimum absolute atomic E-state index is 0.139. The van der Waals surface area contributed by atoms with Gasteiger partial charge in [0.1, 0.15) is 6.04 Å². The first-order valence-corrected chi connectivity index (χ1v) is 7.39. The third-order valence-electron chi connectivity index (χ3n) is 2.79. The van der Waals surface area contributed by atoms with Crippen molar-refractivity contribution in [3.05, 3.63) is 21.9 Å². The van der Waals surface area contributed by atoms with E-state index >= 15 is 0 Å². The zero-order valence-electron chi connectivity index (χ0n) is 11.7. The van der Waals surface area contributed by atoms with E-state index in [9.17, 15) is 4.79 Å². The van der Waals surface area contributed by atoms with Crippen LogP contribution in [0.3, 0.4) is 0 Å². The highest BCUT2D eigenvalue weighted by Crippen LogP contribution is 2.23. The molecule has 0 radical (unpaired) electrons. The number of carbonyl (C=O) groups is 1. The van der Waals surface area contributed by atoms with E-state index in [1.807, 2.05) is 6.92 Å². The van der Waals surface area contributed by atoms with Crippen molar-refractivity contribution in [3.63, 3.8) is 0 Å². The molecule has 0 aliphatic heterocycles. The average molecular weight is 269 g/mol. The van der Waals surface area contributed by atoms with Gasteiger partial charge >= 0.3 is 5.97 Å². The fraction of sp³-hybridized carbons (Fsp3) is 0.643. The molecule has 0 amide bonds. The molecule has 4 heteroatoms. The quantitative estimate of drug-likeness (QED) is 0.771. The van der Waals surface area contributed by atoms with Gasteiger partial charge in [-0.15, -0.1) is 11.3 Å². The van der Waals surface area contributed by atoms with Crippen molar-refractivity contribution < 1.29 is 9.53 Å². The van der Waals surface area contributed by atoms with Crippen LogP contribution in [0.2, 0.25) is 0 Å². The predicted molar refractivity (Wildman–Crippen MR) is 75.9 cm³/mol. The van der Waals surface area contributed by atoms with Crippen molar-refractivity contribution in [1.82, 2.24) is 5.32 Å². The Kier molecular flexibility index (Phi) is 6.36. The van der Waals surface area contributed by atoms with Gasteiger partial charge < -0.3 is 4.74 Å². The van der Waals surface area contributed by atoms with Crippen LogP contribution in [0.15, 0.2) is 12.1 Å². The number of nitrogens with one attached hydrogen (secondary N) is 1. The minimum atomic E-state index is -0.202. The van der Waals surface area contributed by atoms with E-state index in [-0.39, 0.29) is 18.1 Å². The van der Waals surface area contributed by atoms with Crippen molar-refractivity contribution in [2.75, 3.05) is 6.61 Å². The lowest BCUT2D eigenvalue weighted by molar-refractivity contribution is -0.146. The first-order chi connectivity index (χ1) is 8.58. The van der Waals surface area contributed by atoms with Gasteiger partial charge in [0.25, 0.3) is 0 Å². The molecule has 0 bridgehead atoms. The van der Waals surface area contributed by atoms with Crippen LogP contribution >= 0.6 is 11.3 Å². The van der Waals surface area contributed by atoms with E-state index in [0.29, 0.717) is 6.61 Å². The zero-order chi connectivity index (χ0) is 13.5. The second kappa shape index (κ2) is 7.54. The van der Waals surface area contributed by atoms with Gasteiger partial charge in [-0.1, -0.05) is 13.3 Å². The highest BCUT2D eigenvalue weighted by atomic mass is 32.1. The van der Waals surface area contributed by atoms with Crippen LogP contribution in [-0.2, 0) is 9.53 Å². The Morgan fingerprint density at radius 2 is 2.17 bits per heavy atom. The van der Waals surface area contributed by atoms with Crippen molar-refractivity contribution in [1.29, 1.82) is 0 Å². The molecule has 1 N–H and O–H groups in total. The maximum atomic E-state index is 11.8. The fourth-order valence-corrected chi connectivity index (χ4v) is 2.76. The second-order valence-electron chi connectivity index (χ2n) is 4.43. The molecule has 3 nitrogen and oxygen atoms in total. The van der Waals surface area contributed by atoms with Crippen molar-refractivity contribution in [2.45, 2.75) is 52.6 Å². The summed E-state index contributed by atoms with van der Waals surface area (Å²) in [5.74, 6) is -0.139. The molecule has 1 aromatic rings. The number of ether oxygens (including phenoxy) is 1. The largest absolute Gasteiger partial charge is 0.465 e. The van der Waals surface area contributed by atoms with Crippen LogP contribution in [0.1, 0.15) is 49.4 Å². The van der Waals surface area contributed by atoms with E-state index in [2.05, 4.69) is 38.2 Å². The van der Waals surface area contributed by atoms with Gasteiger partial charge in [-0.3, -0.25) is 10.1 Å². The van der Waals surface area contributed by atoms with E-state index in [1.165, 1.54) is 9.75 Å². The van der Waals surface area contributed by atoms with Crippen LogP contribution in [0.4, 0.5) is 0 Å². The van der Waals surface area contributed by atoms with Crippen LogP contribution < -0.4 is 5.32 Å².